The first kappa shape index (κ1) is 51.5. The summed E-state index contributed by atoms with van der Waals surface area (Å²) >= 11 is 0. The highest BCUT2D eigenvalue weighted by Gasteiger charge is 2.24. The van der Waals surface area contributed by atoms with Crippen molar-refractivity contribution in [3.8, 4) is 34.1 Å². The lowest BCUT2D eigenvalue weighted by molar-refractivity contribution is 0.0948. The van der Waals surface area contributed by atoms with Crippen LogP contribution in [0.4, 0.5) is 4.39 Å². The van der Waals surface area contributed by atoms with Crippen LogP contribution in [0.3, 0.4) is 0 Å². The number of amides is 3. The van der Waals surface area contributed by atoms with Crippen molar-refractivity contribution in [3.63, 3.8) is 0 Å². The van der Waals surface area contributed by atoms with Crippen LogP contribution in [0.1, 0.15) is 59.4 Å². The van der Waals surface area contributed by atoms with Crippen molar-refractivity contribution in [2.75, 3.05) is 20.1 Å². The number of halogens is 1. The maximum absolute atomic E-state index is 13.9. The number of carbonyl (C=O) groups excluding carboxylic acids is 3. The number of phenolic OH excluding ortho intramolecular Hbond substituents is 2. The van der Waals surface area contributed by atoms with Crippen molar-refractivity contribution in [2.24, 2.45) is 5.73 Å². The summed E-state index contributed by atoms with van der Waals surface area (Å²) in [5.41, 5.74) is 17.2. The Labute approximate surface area is 445 Å². The molecule has 0 fully saturated rings. The molecule has 18 heteroatoms. The van der Waals surface area contributed by atoms with E-state index in [1.165, 1.54) is 29.3 Å². The Morgan fingerprint density at radius 3 is 2.21 bits per heavy atom. The summed E-state index contributed by atoms with van der Waals surface area (Å²) in [6, 6.07) is 43.9. The second kappa shape index (κ2) is 22.5. The Balaban J connectivity index is 0.000000120. The van der Waals surface area contributed by atoms with E-state index < -0.39 is 11.7 Å². The minimum atomic E-state index is -0.505. The zero-order valence-electron chi connectivity index (χ0n) is 42.6. The second-order valence-electron chi connectivity index (χ2n) is 18.7. The van der Waals surface area contributed by atoms with E-state index in [1.54, 1.807) is 55.5 Å². The Kier molecular flexibility index (Phi) is 14.9. The number of aryl methyl sites for hydroxylation is 3. The first-order valence-electron chi connectivity index (χ1n) is 25.3. The van der Waals surface area contributed by atoms with Crippen LogP contribution in [0.5, 0.6) is 11.5 Å². The monoisotopic (exact) mass is 1040 g/mol. The Morgan fingerprint density at radius 2 is 1.44 bits per heavy atom. The molecule has 7 aromatic carbocycles. The SMILES string of the molecule is CNCc1ccc(-c2[nH]c3cc(F)cc4c3c2CCNC4=O)cc1.Cc1nc2c(O)cccc2c(=O)[nH]1.NC(=O)c1cccc2[nH]c(-c3ccc(O)cc3)nc12.O=C1NCCn2c(CCc3ccccc3)nc3cccc1c32. The first-order chi connectivity index (χ1) is 37.8. The number of nitrogens with one attached hydrogen (secondary N) is 6. The first-order valence-corrected chi connectivity index (χ1v) is 25.3. The number of nitrogens with zero attached hydrogens (tertiary/aromatic N) is 4. The van der Waals surface area contributed by atoms with Crippen LogP contribution in [0.2, 0.25) is 0 Å². The van der Waals surface area contributed by atoms with E-state index in [-0.39, 0.29) is 28.9 Å². The minimum absolute atomic E-state index is 0.00106. The van der Waals surface area contributed by atoms with Crippen LogP contribution in [-0.4, -0.2) is 82.5 Å². The molecule has 78 heavy (non-hydrogen) atoms. The fraction of sp³-hybridized carbons (Fsp3) is 0.150. The highest BCUT2D eigenvalue weighted by molar-refractivity contribution is 6.10. The number of fused-ring (bicyclic) bond motifs is 2. The molecule has 6 heterocycles. The van der Waals surface area contributed by atoms with Crippen LogP contribution in [0, 0.1) is 12.7 Å². The average Bonchev–Trinajstić information content (AvgIpc) is 4.20. The van der Waals surface area contributed by atoms with Crippen LogP contribution < -0.4 is 27.2 Å². The van der Waals surface area contributed by atoms with Crippen LogP contribution >= 0.6 is 0 Å². The summed E-state index contributed by atoms with van der Waals surface area (Å²) in [4.78, 5) is 69.2. The Bertz CT molecular complexity index is 4090. The molecule has 11 aromatic rings. The standard InChI is InChI=1S/C19H18FN3O.C18H17N3O.C14H11N3O2.C9H8N2O2/c1-21-10-11-2-4-12(5-3-11)18-14-6-7-22-19(24)15-8-13(20)9-16(23-18)17(14)15;22-18-14-7-4-8-15-17(14)21(12-11-19-18)16(20-15)10-9-13-5-2-1-3-6-13;15-13(19)10-2-1-3-11-12(10)17-14(16-11)8-4-6-9(18)7-5-8;1-5-10-8-6(9(13)11-5)3-2-4-7(8)12/h2-5,8-9,21,23H,6-7,10H2,1H3,(H,22,24);1-8H,9-12H2,(H,19,22);1-7,18H,(H2,15,19)(H,16,17);2-4,12H,1H3,(H,10,11,13). The molecule has 0 atom stereocenters. The van der Waals surface area contributed by atoms with Crippen molar-refractivity contribution in [1.29, 1.82) is 0 Å². The molecular weight excluding hydrogens is 990 g/mol. The number of primary amides is 1. The summed E-state index contributed by atoms with van der Waals surface area (Å²) in [5, 5.41) is 28.8. The molecule has 0 radical (unpaired) electrons. The molecule has 17 nitrogen and oxygen atoms in total. The number of nitrogens with two attached hydrogens (primary N) is 1. The predicted molar refractivity (Wildman–Crippen MR) is 299 cm³/mol. The van der Waals surface area contributed by atoms with E-state index in [1.807, 2.05) is 37.4 Å². The van der Waals surface area contributed by atoms with Gasteiger partial charge in [0.2, 0.25) is 0 Å². The third kappa shape index (κ3) is 10.9. The molecule has 2 aliphatic heterocycles. The van der Waals surface area contributed by atoms with Crippen molar-refractivity contribution < 1.29 is 29.0 Å². The molecule has 10 N–H and O–H groups in total. The van der Waals surface area contributed by atoms with Gasteiger partial charge < -0.3 is 51.4 Å². The van der Waals surface area contributed by atoms with Gasteiger partial charge in [-0.25, -0.2) is 19.3 Å². The van der Waals surface area contributed by atoms with E-state index in [4.69, 9.17) is 10.7 Å². The zero-order valence-corrected chi connectivity index (χ0v) is 42.6. The molecule has 0 unspecified atom stereocenters. The molecule has 4 aromatic heterocycles. The van der Waals surface area contributed by atoms with Crippen LogP contribution in [-0.2, 0) is 32.4 Å². The largest absolute Gasteiger partial charge is 0.508 e. The van der Waals surface area contributed by atoms with Gasteiger partial charge in [0.25, 0.3) is 23.3 Å². The number of aromatic hydroxyl groups is 2. The molecular formula is C60H54FN11O6. The quantitative estimate of drug-likeness (QED) is 0.0701. The van der Waals surface area contributed by atoms with E-state index in [0.29, 0.717) is 57.8 Å². The highest BCUT2D eigenvalue weighted by Crippen LogP contribution is 2.35. The number of benzene rings is 7. The molecule has 3 amide bonds. The van der Waals surface area contributed by atoms with E-state index in [2.05, 4.69) is 94.0 Å². The Hall–Kier alpha value is -9.94. The number of hydrogen-bond acceptors (Lipinski definition) is 10. The molecule has 0 spiro atoms. The van der Waals surface area contributed by atoms with Gasteiger partial charge in [0, 0.05) is 54.8 Å². The molecule has 392 valence electrons. The molecule has 0 aliphatic carbocycles. The maximum Gasteiger partial charge on any atom is 0.258 e. The fourth-order valence-electron chi connectivity index (χ4n) is 9.80. The van der Waals surface area contributed by atoms with E-state index >= 15 is 0 Å². The predicted octanol–water partition coefficient (Wildman–Crippen LogP) is 8.52. The normalized spacial score (nSPS) is 12.6. The summed E-state index contributed by atoms with van der Waals surface area (Å²) in [6.45, 7) is 4.47. The highest BCUT2D eigenvalue weighted by atomic mass is 19.1. The van der Waals surface area contributed by atoms with Crippen LogP contribution in [0.15, 0.2) is 150 Å². The Morgan fingerprint density at radius 1 is 0.705 bits per heavy atom. The van der Waals surface area contributed by atoms with Gasteiger partial charge in [0.05, 0.1) is 38.6 Å². The number of phenols is 2. The van der Waals surface area contributed by atoms with E-state index in [0.717, 1.165) is 88.1 Å². The number of rotatable bonds is 8. The second-order valence-corrected chi connectivity index (χ2v) is 18.7. The van der Waals surface area contributed by atoms with Crippen LogP contribution in [0.25, 0.3) is 66.5 Å². The van der Waals surface area contributed by atoms with Gasteiger partial charge in [-0.2, -0.15) is 0 Å². The van der Waals surface area contributed by atoms with E-state index in [9.17, 15) is 33.8 Å². The van der Waals surface area contributed by atoms with Gasteiger partial charge in [0.1, 0.15) is 45.8 Å². The topological polar surface area (TPSA) is 262 Å². The zero-order chi connectivity index (χ0) is 54.5. The lowest BCUT2D eigenvalue weighted by Gasteiger charge is -2.07. The summed E-state index contributed by atoms with van der Waals surface area (Å²) in [7, 11) is 1.92. The number of para-hydroxylation sites is 3. The van der Waals surface area contributed by atoms with Crippen molar-refractivity contribution in [2.45, 2.75) is 39.3 Å². The number of aromatic nitrogens is 7. The molecule has 0 saturated carbocycles. The number of aromatic amines is 3. The van der Waals surface area contributed by atoms with Gasteiger partial charge in [-0.15, -0.1) is 0 Å². The third-order valence-corrected chi connectivity index (χ3v) is 13.4. The van der Waals surface area contributed by atoms with Crippen molar-refractivity contribution in [3.05, 3.63) is 207 Å². The summed E-state index contributed by atoms with van der Waals surface area (Å²) in [6.07, 6.45) is 2.56. The smallest absolute Gasteiger partial charge is 0.258 e. The summed E-state index contributed by atoms with van der Waals surface area (Å²) in [5.74, 6) is 1.29. The lowest BCUT2D eigenvalue weighted by Crippen LogP contribution is -2.24. The maximum atomic E-state index is 13.9. The summed E-state index contributed by atoms with van der Waals surface area (Å²) < 4.78 is 16.1. The van der Waals surface area contributed by atoms with Gasteiger partial charge in [-0.05, 0) is 122 Å². The average molecular weight is 1040 g/mol. The van der Waals surface area contributed by atoms with Gasteiger partial charge >= 0.3 is 0 Å². The van der Waals surface area contributed by atoms with Crippen molar-refractivity contribution in [1.82, 2.24) is 50.4 Å². The molecule has 13 rings (SSSR count). The minimum Gasteiger partial charge on any atom is -0.508 e. The van der Waals surface area contributed by atoms with Crippen molar-refractivity contribution >= 4 is 61.6 Å². The van der Waals surface area contributed by atoms with Gasteiger partial charge in [0.15, 0.2) is 0 Å². The molecule has 0 bridgehead atoms. The fourth-order valence-corrected chi connectivity index (χ4v) is 9.80. The van der Waals surface area contributed by atoms with Gasteiger partial charge in [-0.1, -0.05) is 72.8 Å². The third-order valence-electron chi connectivity index (χ3n) is 13.4. The molecule has 2 aliphatic rings. The number of hydrogen-bond donors (Lipinski definition) is 9. The lowest BCUT2D eigenvalue weighted by atomic mass is 9.99. The number of H-pyrrole nitrogens is 3. The molecule has 0 saturated heterocycles. The number of imidazole rings is 2. The number of carbonyl (C=O) groups is 3. The van der Waals surface area contributed by atoms with Gasteiger partial charge in [-0.3, -0.25) is 19.2 Å².